The Kier molecular flexibility index (Phi) is 3.75. The zero-order chi connectivity index (χ0) is 17.6. The summed E-state index contributed by atoms with van der Waals surface area (Å²) in [5.74, 6) is 0.858. The molecule has 0 radical (unpaired) electrons. The number of hydrogen-bond acceptors (Lipinski definition) is 2. The maximum absolute atomic E-state index is 12.6. The molecule has 1 aliphatic carbocycles. The van der Waals surface area contributed by atoms with E-state index in [-0.39, 0.29) is 11.9 Å². The summed E-state index contributed by atoms with van der Waals surface area (Å²) in [6, 6.07) is 12.1. The van der Waals surface area contributed by atoms with E-state index >= 15 is 0 Å². The van der Waals surface area contributed by atoms with Gasteiger partial charge in [0.25, 0.3) is 5.91 Å². The van der Waals surface area contributed by atoms with Crippen LogP contribution < -0.4 is 10.1 Å². The number of amides is 1. The lowest BCUT2D eigenvalue weighted by molar-refractivity contribution is 0.0938. The predicted octanol–water partition coefficient (Wildman–Crippen LogP) is 3.69. The maximum atomic E-state index is 12.6. The Labute approximate surface area is 147 Å². The largest absolute Gasteiger partial charge is 0.497 e. The number of aromatic nitrogens is 1. The van der Waals surface area contributed by atoms with E-state index in [2.05, 4.69) is 29.4 Å². The molecule has 1 amide bonds. The van der Waals surface area contributed by atoms with E-state index in [1.807, 2.05) is 31.2 Å². The topological polar surface area (TPSA) is 54.1 Å². The zero-order valence-corrected chi connectivity index (χ0v) is 14.8. The molecule has 1 aliphatic rings. The van der Waals surface area contributed by atoms with Crippen molar-refractivity contribution in [3.8, 4) is 5.75 Å². The Balaban J connectivity index is 1.53. The Morgan fingerprint density at radius 1 is 1.12 bits per heavy atom. The number of hydrogen-bond donors (Lipinski definition) is 2. The first kappa shape index (κ1) is 15.8. The zero-order valence-electron chi connectivity index (χ0n) is 14.8. The fourth-order valence-electron chi connectivity index (χ4n) is 3.64. The number of benzene rings is 2. The smallest absolute Gasteiger partial charge is 0.251 e. The van der Waals surface area contributed by atoms with Crippen LogP contribution in [0, 0.1) is 13.8 Å². The van der Waals surface area contributed by atoms with Crippen molar-refractivity contribution >= 4 is 16.8 Å². The molecule has 25 heavy (non-hydrogen) atoms. The van der Waals surface area contributed by atoms with Crippen molar-refractivity contribution < 1.29 is 9.53 Å². The van der Waals surface area contributed by atoms with Gasteiger partial charge in [-0.1, -0.05) is 6.07 Å². The summed E-state index contributed by atoms with van der Waals surface area (Å²) in [5, 5.41) is 4.37. The van der Waals surface area contributed by atoms with Crippen molar-refractivity contribution in [2.24, 2.45) is 0 Å². The highest BCUT2D eigenvalue weighted by molar-refractivity contribution is 5.95. The van der Waals surface area contributed by atoms with Gasteiger partial charge in [-0.2, -0.15) is 0 Å². The van der Waals surface area contributed by atoms with Crippen LogP contribution in [-0.4, -0.2) is 24.0 Å². The van der Waals surface area contributed by atoms with Crippen LogP contribution in [0.15, 0.2) is 36.4 Å². The average molecular weight is 334 g/mol. The van der Waals surface area contributed by atoms with Crippen LogP contribution in [-0.2, 0) is 12.8 Å². The number of methoxy groups -OCH3 is 1. The van der Waals surface area contributed by atoms with Crippen molar-refractivity contribution in [3.05, 3.63) is 64.3 Å². The lowest BCUT2D eigenvalue weighted by Gasteiger charge is -2.13. The molecule has 4 nitrogen and oxygen atoms in total. The maximum Gasteiger partial charge on any atom is 0.251 e. The Bertz CT molecular complexity index is 971. The number of aryl methyl sites for hydroxylation is 2. The number of nitrogens with one attached hydrogen (secondary N) is 2. The van der Waals surface area contributed by atoms with Gasteiger partial charge >= 0.3 is 0 Å². The molecule has 0 bridgehead atoms. The van der Waals surface area contributed by atoms with Gasteiger partial charge in [0.15, 0.2) is 0 Å². The molecule has 3 aromatic rings. The molecule has 4 heteroatoms. The minimum atomic E-state index is 0.000129. The van der Waals surface area contributed by atoms with E-state index in [0.29, 0.717) is 0 Å². The first-order chi connectivity index (χ1) is 12.0. The lowest BCUT2D eigenvalue weighted by atomic mass is 10.1. The highest BCUT2D eigenvalue weighted by Gasteiger charge is 2.27. The molecule has 2 N–H and O–H groups in total. The molecule has 1 unspecified atom stereocenters. The first-order valence-electron chi connectivity index (χ1n) is 8.60. The second-order valence-corrected chi connectivity index (χ2v) is 6.87. The normalized spacial score (nSPS) is 16.0. The van der Waals surface area contributed by atoms with Crippen molar-refractivity contribution in [1.29, 1.82) is 0 Å². The molecule has 1 aromatic heterocycles. The molecule has 0 fully saturated rings. The van der Waals surface area contributed by atoms with Crippen LogP contribution in [0.1, 0.15) is 32.7 Å². The summed E-state index contributed by atoms with van der Waals surface area (Å²) >= 11 is 0. The summed E-state index contributed by atoms with van der Waals surface area (Å²) in [6.45, 7) is 4.09. The third kappa shape index (κ3) is 2.78. The number of carbonyl (C=O) groups excluding carboxylic acids is 1. The van der Waals surface area contributed by atoms with Crippen LogP contribution in [0.4, 0.5) is 0 Å². The second-order valence-electron chi connectivity index (χ2n) is 6.87. The predicted molar refractivity (Wildman–Crippen MR) is 99.4 cm³/mol. The van der Waals surface area contributed by atoms with Gasteiger partial charge in [-0.25, -0.2) is 0 Å². The monoisotopic (exact) mass is 334 g/mol. The van der Waals surface area contributed by atoms with Crippen molar-refractivity contribution in [2.75, 3.05) is 7.11 Å². The van der Waals surface area contributed by atoms with E-state index in [9.17, 15) is 4.79 Å². The van der Waals surface area contributed by atoms with Gasteiger partial charge in [0.1, 0.15) is 5.75 Å². The van der Waals surface area contributed by atoms with Gasteiger partial charge < -0.3 is 15.0 Å². The van der Waals surface area contributed by atoms with Gasteiger partial charge in [0.2, 0.25) is 0 Å². The number of fused-ring (bicyclic) bond motifs is 3. The molecule has 0 saturated heterocycles. The molecular weight excluding hydrogens is 312 g/mol. The van der Waals surface area contributed by atoms with Crippen molar-refractivity contribution in [2.45, 2.75) is 32.7 Å². The Hall–Kier alpha value is -2.75. The molecule has 0 aliphatic heterocycles. The van der Waals surface area contributed by atoms with Gasteiger partial charge in [0, 0.05) is 34.6 Å². The van der Waals surface area contributed by atoms with E-state index in [1.54, 1.807) is 7.11 Å². The highest BCUT2D eigenvalue weighted by atomic mass is 16.5. The Morgan fingerprint density at radius 3 is 2.72 bits per heavy atom. The number of carbonyl (C=O) groups is 1. The fourth-order valence-corrected chi connectivity index (χ4v) is 3.64. The van der Waals surface area contributed by atoms with Gasteiger partial charge in [0.05, 0.1) is 7.11 Å². The minimum Gasteiger partial charge on any atom is -0.497 e. The number of ether oxygens (including phenoxy) is 1. The molecule has 128 valence electrons. The van der Waals surface area contributed by atoms with Crippen LogP contribution in [0.3, 0.4) is 0 Å². The number of rotatable bonds is 3. The first-order valence-corrected chi connectivity index (χ1v) is 8.60. The second kappa shape index (κ2) is 5.96. The van der Waals surface area contributed by atoms with E-state index < -0.39 is 0 Å². The summed E-state index contributed by atoms with van der Waals surface area (Å²) < 4.78 is 5.34. The van der Waals surface area contributed by atoms with E-state index in [0.717, 1.165) is 35.2 Å². The highest BCUT2D eigenvalue weighted by Crippen LogP contribution is 2.32. The number of H-pyrrole nitrogens is 1. The SMILES string of the molecule is COc1ccc2[nH]c3c(c2c1)CC(NC(=O)c1ccc(C)c(C)c1)C3. The van der Waals surface area contributed by atoms with Crippen LogP contribution >= 0.6 is 0 Å². The van der Waals surface area contributed by atoms with Gasteiger partial charge in [-0.15, -0.1) is 0 Å². The summed E-state index contributed by atoms with van der Waals surface area (Å²) in [4.78, 5) is 16.0. The summed E-state index contributed by atoms with van der Waals surface area (Å²) in [7, 11) is 1.68. The molecule has 1 heterocycles. The third-order valence-electron chi connectivity index (χ3n) is 5.21. The summed E-state index contributed by atoms with van der Waals surface area (Å²) in [6.07, 6.45) is 1.68. The molecule has 4 rings (SSSR count). The van der Waals surface area contributed by atoms with Crippen molar-refractivity contribution in [3.63, 3.8) is 0 Å². The average Bonchev–Trinajstić information content (AvgIpc) is 3.13. The van der Waals surface area contributed by atoms with Gasteiger partial charge in [-0.05, 0) is 67.3 Å². The molecule has 0 saturated carbocycles. The van der Waals surface area contributed by atoms with Crippen LogP contribution in [0.25, 0.3) is 10.9 Å². The van der Waals surface area contributed by atoms with E-state index in [1.165, 1.54) is 22.2 Å². The molecule has 0 spiro atoms. The lowest BCUT2D eigenvalue weighted by Crippen LogP contribution is -2.35. The van der Waals surface area contributed by atoms with E-state index in [4.69, 9.17) is 4.74 Å². The van der Waals surface area contributed by atoms with Gasteiger partial charge in [-0.3, -0.25) is 4.79 Å². The molecule has 1 atom stereocenters. The molecular formula is C21H22N2O2. The molecule has 2 aromatic carbocycles. The Morgan fingerprint density at radius 2 is 1.96 bits per heavy atom. The minimum absolute atomic E-state index is 0.000129. The standard InChI is InChI=1S/C21H22N2O2/c1-12-4-5-14(8-13(12)2)21(24)22-15-9-17-18-11-16(25-3)6-7-19(18)23-20(17)10-15/h4-8,11,15,23H,9-10H2,1-3H3,(H,22,24). The van der Waals surface area contributed by atoms with Crippen LogP contribution in [0.2, 0.25) is 0 Å². The van der Waals surface area contributed by atoms with Crippen molar-refractivity contribution in [1.82, 2.24) is 10.3 Å². The quantitative estimate of drug-likeness (QED) is 0.767. The number of aromatic amines is 1. The third-order valence-corrected chi connectivity index (χ3v) is 5.21. The summed E-state index contributed by atoms with van der Waals surface area (Å²) in [5.41, 5.74) is 6.71. The van der Waals surface area contributed by atoms with Crippen LogP contribution in [0.5, 0.6) is 5.75 Å². The fraction of sp³-hybridized carbons (Fsp3) is 0.286.